The van der Waals surface area contributed by atoms with E-state index in [1.54, 1.807) is 11.3 Å². The van der Waals surface area contributed by atoms with Crippen LogP contribution in [0.2, 0.25) is 0 Å². The summed E-state index contributed by atoms with van der Waals surface area (Å²) >= 11 is 1.68. The van der Waals surface area contributed by atoms with E-state index in [1.165, 1.54) is 34.4 Å². The zero-order valence-corrected chi connectivity index (χ0v) is 18.5. The highest BCUT2D eigenvalue weighted by Crippen LogP contribution is 2.38. The van der Waals surface area contributed by atoms with E-state index < -0.39 is 5.91 Å². The monoisotopic (exact) mass is 434 g/mol. The van der Waals surface area contributed by atoms with Crippen molar-refractivity contribution in [2.75, 3.05) is 6.54 Å². The number of aryl methyl sites for hydroxylation is 1. The Bertz CT molecular complexity index is 1120. The highest BCUT2D eigenvalue weighted by Gasteiger charge is 2.17. The van der Waals surface area contributed by atoms with Gasteiger partial charge in [-0.2, -0.15) is 5.26 Å². The van der Waals surface area contributed by atoms with Crippen molar-refractivity contribution >= 4 is 17.2 Å². The fraction of sp³-hybridized carbons (Fsp3) is 0.292. The third kappa shape index (κ3) is 5.48. The summed E-state index contributed by atoms with van der Waals surface area (Å²) in [5.41, 5.74) is 15.0. The predicted octanol–water partition coefficient (Wildman–Crippen LogP) is 4.06. The van der Waals surface area contributed by atoms with Crippen LogP contribution in [0.3, 0.4) is 0 Å². The molecule has 0 unspecified atom stereocenters. The number of ether oxygens (including phenoxy) is 1. The number of hydrogen-bond donors (Lipinski definition) is 2. The van der Waals surface area contributed by atoms with Crippen molar-refractivity contribution in [3.8, 4) is 32.8 Å². The summed E-state index contributed by atoms with van der Waals surface area (Å²) in [5.74, 6) is 0.161. The zero-order valence-electron chi connectivity index (χ0n) is 17.7. The molecule has 7 heteroatoms. The molecule has 0 fully saturated rings. The zero-order chi connectivity index (χ0) is 22.4. The van der Waals surface area contributed by atoms with Gasteiger partial charge in [-0.3, -0.25) is 4.79 Å². The molecular weight excluding hydrogens is 408 g/mol. The average Bonchev–Trinajstić information content (AvgIpc) is 3.43. The number of carbonyl (C=O) groups is 1. The second-order valence-corrected chi connectivity index (χ2v) is 8.52. The van der Waals surface area contributed by atoms with Gasteiger partial charge in [-0.15, -0.1) is 11.3 Å². The summed E-state index contributed by atoms with van der Waals surface area (Å²) in [7, 11) is 0. The van der Waals surface area contributed by atoms with Crippen LogP contribution in [0, 0.1) is 11.3 Å². The van der Waals surface area contributed by atoms with E-state index in [2.05, 4.69) is 35.0 Å². The Balaban J connectivity index is 0.000000491. The van der Waals surface area contributed by atoms with Crippen LogP contribution in [0.25, 0.3) is 21.0 Å². The van der Waals surface area contributed by atoms with E-state index in [1.807, 2.05) is 38.2 Å². The molecule has 1 aromatic heterocycles. The number of thiazole rings is 1. The Morgan fingerprint density at radius 3 is 2.74 bits per heavy atom. The first kappa shape index (κ1) is 22.5. The number of amides is 1. The number of carbonyl (C=O) groups excluding carboxylic acids is 1. The lowest BCUT2D eigenvalue weighted by molar-refractivity contribution is -0.116. The Morgan fingerprint density at radius 1 is 1.29 bits per heavy atom. The minimum Gasteiger partial charge on any atom is -0.490 e. The van der Waals surface area contributed by atoms with Gasteiger partial charge in [0.2, 0.25) is 5.91 Å². The van der Waals surface area contributed by atoms with Crippen molar-refractivity contribution in [2.45, 2.75) is 39.2 Å². The van der Waals surface area contributed by atoms with Crippen LogP contribution >= 0.6 is 11.3 Å². The fourth-order valence-corrected chi connectivity index (χ4v) is 4.45. The molecule has 0 atom stereocenters. The Hall–Kier alpha value is -3.21. The Morgan fingerprint density at radius 2 is 2.06 bits per heavy atom. The van der Waals surface area contributed by atoms with Crippen LogP contribution in [0.15, 0.2) is 42.6 Å². The molecule has 0 saturated heterocycles. The molecule has 1 aliphatic carbocycles. The number of nitrogens with two attached hydrogens (primary N) is 2. The smallest absolute Gasteiger partial charge is 0.231 e. The molecule has 6 nitrogen and oxygen atoms in total. The maximum atomic E-state index is 9.47. The lowest BCUT2D eigenvalue weighted by Gasteiger charge is -2.11. The van der Waals surface area contributed by atoms with Crippen molar-refractivity contribution < 1.29 is 9.53 Å². The standard InChI is InChI=1S/C22H20N2OS.C2H6N2O/c1-14(2)25-20-10-9-16(11-17(20)12-23)22-24-13-21(26-22)19-8-4-6-15-5-3-7-18(15)19;3-1-2(4)5/h4,6,8-11,13-14H,3,5,7H2,1-2H3;1,3H2,(H2,4,5). The van der Waals surface area contributed by atoms with Crippen molar-refractivity contribution in [3.05, 3.63) is 59.3 Å². The number of nitriles is 1. The van der Waals surface area contributed by atoms with Crippen molar-refractivity contribution in [3.63, 3.8) is 0 Å². The van der Waals surface area contributed by atoms with Crippen LogP contribution in [-0.2, 0) is 17.6 Å². The molecule has 31 heavy (non-hydrogen) atoms. The van der Waals surface area contributed by atoms with Crippen LogP contribution < -0.4 is 16.2 Å². The molecule has 1 heterocycles. The van der Waals surface area contributed by atoms with E-state index in [-0.39, 0.29) is 12.6 Å². The summed E-state index contributed by atoms with van der Waals surface area (Å²) in [5, 5.41) is 10.4. The van der Waals surface area contributed by atoms with E-state index in [9.17, 15) is 10.1 Å². The maximum absolute atomic E-state index is 9.47. The SMILES string of the molecule is CC(C)Oc1ccc(-c2ncc(-c3cccc4c3CCC4)s2)cc1C#N.NCC(N)=O. The molecule has 160 valence electrons. The normalized spacial score (nSPS) is 12.0. The predicted molar refractivity (Wildman–Crippen MR) is 124 cm³/mol. The number of primary amides is 1. The number of rotatable bonds is 5. The molecule has 0 bridgehead atoms. The van der Waals surface area contributed by atoms with Crippen molar-refractivity contribution in [1.82, 2.24) is 4.98 Å². The number of benzene rings is 2. The van der Waals surface area contributed by atoms with Gasteiger partial charge < -0.3 is 16.2 Å². The average molecular weight is 435 g/mol. The van der Waals surface area contributed by atoms with Gasteiger partial charge in [0, 0.05) is 11.8 Å². The van der Waals surface area contributed by atoms with Gasteiger partial charge in [-0.1, -0.05) is 18.2 Å². The third-order valence-corrected chi connectivity index (χ3v) is 5.91. The minimum absolute atomic E-state index is 0.0413. The van der Waals surface area contributed by atoms with Crippen LogP contribution in [0.4, 0.5) is 0 Å². The van der Waals surface area contributed by atoms with Crippen LogP contribution in [0.1, 0.15) is 37.0 Å². The van der Waals surface area contributed by atoms with Gasteiger partial charge in [0.15, 0.2) is 0 Å². The van der Waals surface area contributed by atoms with E-state index >= 15 is 0 Å². The molecule has 1 amide bonds. The molecule has 0 spiro atoms. The summed E-state index contributed by atoms with van der Waals surface area (Å²) in [6, 6.07) is 14.5. The summed E-state index contributed by atoms with van der Waals surface area (Å²) in [6.45, 7) is 3.86. The first-order chi connectivity index (χ1) is 14.9. The van der Waals surface area contributed by atoms with E-state index in [0.29, 0.717) is 11.3 Å². The molecule has 3 aromatic rings. The molecular formula is C24H26N4O2S. The fourth-order valence-electron chi connectivity index (χ4n) is 3.49. The van der Waals surface area contributed by atoms with Crippen LogP contribution in [-0.4, -0.2) is 23.5 Å². The number of aromatic nitrogens is 1. The first-order valence-electron chi connectivity index (χ1n) is 10.2. The minimum atomic E-state index is -0.468. The number of nitrogens with zero attached hydrogens (tertiary/aromatic N) is 2. The second-order valence-electron chi connectivity index (χ2n) is 7.49. The molecule has 1 aliphatic rings. The molecule has 4 N–H and O–H groups in total. The highest BCUT2D eigenvalue weighted by atomic mass is 32.1. The van der Waals surface area contributed by atoms with E-state index in [0.717, 1.165) is 17.0 Å². The van der Waals surface area contributed by atoms with Gasteiger partial charge >= 0.3 is 0 Å². The van der Waals surface area contributed by atoms with Gasteiger partial charge in [0.25, 0.3) is 0 Å². The Labute approximate surface area is 186 Å². The Kier molecular flexibility index (Phi) is 7.40. The second kappa shape index (κ2) is 10.2. The van der Waals surface area contributed by atoms with Crippen LogP contribution in [0.5, 0.6) is 5.75 Å². The number of fused-ring (bicyclic) bond motifs is 1. The molecule has 4 rings (SSSR count). The third-order valence-electron chi connectivity index (χ3n) is 4.83. The van der Waals surface area contributed by atoms with Crippen molar-refractivity contribution in [1.29, 1.82) is 5.26 Å². The molecule has 0 radical (unpaired) electrons. The molecule has 0 saturated carbocycles. The van der Waals surface area contributed by atoms with Gasteiger partial charge in [-0.25, -0.2) is 4.98 Å². The summed E-state index contributed by atoms with van der Waals surface area (Å²) in [6.07, 6.45) is 5.56. The van der Waals surface area contributed by atoms with Gasteiger partial charge in [0.1, 0.15) is 16.8 Å². The molecule has 0 aliphatic heterocycles. The quantitative estimate of drug-likeness (QED) is 0.628. The lowest BCUT2D eigenvalue weighted by atomic mass is 10.0. The number of hydrogen-bond acceptors (Lipinski definition) is 6. The summed E-state index contributed by atoms with van der Waals surface area (Å²) < 4.78 is 5.71. The largest absolute Gasteiger partial charge is 0.490 e. The lowest BCUT2D eigenvalue weighted by Crippen LogP contribution is -2.21. The van der Waals surface area contributed by atoms with Gasteiger partial charge in [0.05, 0.1) is 23.1 Å². The summed E-state index contributed by atoms with van der Waals surface area (Å²) in [4.78, 5) is 15.3. The topological polar surface area (TPSA) is 115 Å². The van der Waals surface area contributed by atoms with Crippen molar-refractivity contribution in [2.24, 2.45) is 11.5 Å². The first-order valence-corrected chi connectivity index (χ1v) is 11.0. The van der Waals surface area contributed by atoms with Gasteiger partial charge in [-0.05, 0) is 68.0 Å². The maximum Gasteiger partial charge on any atom is 0.231 e. The highest BCUT2D eigenvalue weighted by molar-refractivity contribution is 7.18. The van der Waals surface area contributed by atoms with E-state index in [4.69, 9.17) is 10.5 Å². The molecule has 2 aromatic carbocycles.